The van der Waals surface area contributed by atoms with Crippen molar-refractivity contribution in [2.75, 3.05) is 13.1 Å². The van der Waals surface area contributed by atoms with Crippen molar-refractivity contribution in [2.45, 2.75) is 6.42 Å². The highest BCUT2D eigenvalue weighted by Gasteiger charge is 2.17. The monoisotopic (exact) mass is 410 g/mol. The molecule has 0 atom stereocenters. The SMILES string of the molecule is Fc1ccccc1-c1nccc2[nH]c(-c3n[nH]c4cnc(C5=CCNCC5)cc34)cc12. The van der Waals surface area contributed by atoms with Gasteiger partial charge in [0, 0.05) is 34.6 Å². The van der Waals surface area contributed by atoms with Crippen molar-refractivity contribution in [1.82, 2.24) is 30.5 Å². The second-order valence-electron chi connectivity index (χ2n) is 7.65. The van der Waals surface area contributed by atoms with Gasteiger partial charge in [-0.1, -0.05) is 18.2 Å². The molecule has 5 aromatic rings. The number of nitrogens with one attached hydrogen (secondary N) is 3. The van der Waals surface area contributed by atoms with Crippen LogP contribution in [0.3, 0.4) is 0 Å². The normalized spacial score (nSPS) is 14.3. The summed E-state index contributed by atoms with van der Waals surface area (Å²) in [5.41, 5.74) is 6.73. The van der Waals surface area contributed by atoms with Gasteiger partial charge >= 0.3 is 0 Å². The molecular weight excluding hydrogens is 391 g/mol. The highest BCUT2D eigenvalue weighted by atomic mass is 19.1. The second kappa shape index (κ2) is 7.14. The molecule has 1 aliphatic rings. The largest absolute Gasteiger partial charge is 0.353 e. The topological polar surface area (TPSA) is 82.3 Å². The molecule has 0 bridgehead atoms. The first-order valence-corrected chi connectivity index (χ1v) is 10.3. The zero-order valence-electron chi connectivity index (χ0n) is 16.6. The highest BCUT2D eigenvalue weighted by Crippen LogP contribution is 2.34. The molecule has 6 rings (SSSR count). The van der Waals surface area contributed by atoms with Gasteiger partial charge in [-0.3, -0.25) is 15.1 Å². The maximum Gasteiger partial charge on any atom is 0.132 e. The summed E-state index contributed by atoms with van der Waals surface area (Å²) in [5, 5.41) is 12.8. The van der Waals surface area contributed by atoms with E-state index in [1.54, 1.807) is 18.3 Å². The van der Waals surface area contributed by atoms with E-state index < -0.39 is 0 Å². The molecule has 0 radical (unpaired) electrons. The van der Waals surface area contributed by atoms with E-state index in [9.17, 15) is 4.39 Å². The Morgan fingerprint density at radius 2 is 1.84 bits per heavy atom. The van der Waals surface area contributed by atoms with Crippen LogP contribution < -0.4 is 5.32 Å². The van der Waals surface area contributed by atoms with E-state index in [-0.39, 0.29) is 5.82 Å². The zero-order valence-corrected chi connectivity index (χ0v) is 16.6. The van der Waals surface area contributed by atoms with Crippen LogP contribution in [0.4, 0.5) is 4.39 Å². The number of benzene rings is 1. The first-order valence-electron chi connectivity index (χ1n) is 10.3. The Morgan fingerprint density at radius 3 is 2.71 bits per heavy atom. The number of aromatic amines is 2. The predicted octanol–water partition coefficient (Wildman–Crippen LogP) is 4.68. The van der Waals surface area contributed by atoms with Crippen LogP contribution in [0.25, 0.3) is 50.0 Å². The summed E-state index contributed by atoms with van der Waals surface area (Å²) in [7, 11) is 0. The minimum Gasteiger partial charge on any atom is -0.353 e. The summed E-state index contributed by atoms with van der Waals surface area (Å²) in [5.74, 6) is -0.290. The molecule has 4 aromatic heterocycles. The zero-order chi connectivity index (χ0) is 20.8. The van der Waals surface area contributed by atoms with Gasteiger partial charge in [-0.15, -0.1) is 0 Å². The van der Waals surface area contributed by atoms with Crippen LogP contribution in [0.15, 0.2) is 60.9 Å². The minimum atomic E-state index is -0.290. The van der Waals surface area contributed by atoms with Crippen LogP contribution in [0.2, 0.25) is 0 Å². The third-order valence-corrected chi connectivity index (χ3v) is 5.77. The van der Waals surface area contributed by atoms with Crippen molar-refractivity contribution < 1.29 is 4.39 Å². The molecule has 31 heavy (non-hydrogen) atoms. The molecule has 5 heterocycles. The van der Waals surface area contributed by atoms with E-state index in [0.717, 1.165) is 58.4 Å². The predicted molar refractivity (Wildman–Crippen MR) is 120 cm³/mol. The van der Waals surface area contributed by atoms with E-state index in [1.807, 2.05) is 24.4 Å². The Labute approximate surface area is 177 Å². The summed E-state index contributed by atoms with van der Waals surface area (Å²) >= 11 is 0. The van der Waals surface area contributed by atoms with Gasteiger partial charge < -0.3 is 10.3 Å². The van der Waals surface area contributed by atoms with Crippen molar-refractivity contribution >= 4 is 27.4 Å². The van der Waals surface area contributed by atoms with E-state index in [0.29, 0.717) is 11.3 Å². The number of hydrogen-bond acceptors (Lipinski definition) is 4. The Hall–Kier alpha value is -3.84. The number of rotatable bonds is 3. The summed E-state index contributed by atoms with van der Waals surface area (Å²) in [6.45, 7) is 1.82. The lowest BCUT2D eigenvalue weighted by molar-refractivity contribution is 0.631. The van der Waals surface area contributed by atoms with Crippen molar-refractivity contribution in [1.29, 1.82) is 0 Å². The molecule has 0 saturated carbocycles. The Kier molecular flexibility index (Phi) is 4.14. The number of fused-ring (bicyclic) bond motifs is 2. The molecule has 7 heteroatoms. The minimum absolute atomic E-state index is 0.290. The van der Waals surface area contributed by atoms with E-state index >= 15 is 0 Å². The molecule has 1 aromatic carbocycles. The molecular formula is C24H19FN6. The van der Waals surface area contributed by atoms with Crippen LogP contribution >= 0.6 is 0 Å². The number of pyridine rings is 2. The van der Waals surface area contributed by atoms with Gasteiger partial charge in [-0.05, 0) is 48.9 Å². The van der Waals surface area contributed by atoms with Gasteiger partial charge in [0.25, 0.3) is 0 Å². The lowest BCUT2D eigenvalue weighted by Gasteiger charge is -2.13. The van der Waals surface area contributed by atoms with Gasteiger partial charge in [-0.25, -0.2) is 4.39 Å². The molecule has 6 nitrogen and oxygen atoms in total. The lowest BCUT2D eigenvalue weighted by Crippen LogP contribution is -2.20. The van der Waals surface area contributed by atoms with Gasteiger partial charge in [-0.2, -0.15) is 5.10 Å². The molecule has 1 aliphatic heterocycles. The quantitative estimate of drug-likeness (QED) is 0.403. The van der Waals surface area contributed by atoms with Crippen LogP contribution in [0, 0.1) is 5.82 Å². The van der Waals surface area contributed by atoms with E-state index in [1.165, 1.54) is 11.6 Å². The fourth-order valence-electron chi connectivity index (χ4n) is 4.20. The van der Waals surface area contributed by atoms with Crippen LogP contribution in [0.1, 0.15) is 12.1 Å². The van der Waals surface area contributed by atoms with Gasteiger partial charge in [0.2, 0.25) is 0 Å². The third-order valence-electron chi connectivity index (χ3n) is 5.77. The average Bonchev–Trinajstić information content (AvgIpc) is 3.43. The number of halogens is 1. The first kappa shape index (κ1) is 18.0. The molecule has 0 saturated heterocycles. The van der Waals surface area contributed by atoms with Gasteiger partial charge in [0.05, 0.1) is 28.8 Å². The lowest BCUT2D eigenvalue weighted by atomic mass is 10.0. The molecule has 152 valence electrons. The van der Waals surface area contributed by atoms with Crippen LogP contribution in [0.5, 0.6) is 0 Å². The first-order chi connectivity index (χ1) is 15.3. The van der Waals surface area contributed by atoms with Gasteiger partial charge in [0.1, 0.15) is 11.5 Å². The Bertz CT molecular complexity index is 1460. The van der Waals surface area contributed by atoms with E-state index in [2.05, 4.69) is 42.6 Å². The van der Waals surface area contributed by atoms with Crippen molar-refractivity contribution in [3.8, 4) is 22.6 Å². The Morgan fingerprint density at radius 1 is 0.935 bits per heavy atom. The number of hydrogen-bond donors (Lipinski definition) is 3. The smallest absolute Gasteiger partial charge is 0.132 e. The fraction of sp³-hybridized carbons (Fsp3) is 0.125. The molecule has 0 unspecified atom stereocenters. The molecule has 3 N–H and O–H groups in total. The maximum atomic E-state index is 14.4. The van der Waals surface area contributed by atoms with Crippen molar-refractivity contribution in [3.63, 3.8) is 0 Å². The summed E-state index contributed by atoms with van der Waals surface area (Å²) < 4.78 is 14.4. The van der Waals surface area contributed by atoms with Gasteiger partial charge in [0.15, 0.2) is 0 Å². The summed E-state index contributed by atoms with van der Waals surface area (Å²) in [6.07, 6.45) is 6.67. The number of aromatic nitrogens is 5. The molecule has 0 amide bonds. The van der Waals surface area contributed by atoms with Crippen LogP contribution in [-0.4, -0.2) is 38.2 Å². The molecule has 0 fully saturated rings. The fourth-order valence-corrected chi connectivity index (χ4v) is 4.20. The van der Waals surface area contributed by atoms with Crippen molar-refractivity contribution in [2.24, 2.45) is 0 Å². The maximum absolute atomic E-state index is 14.4. The average molecular weight is 410 g/mol. The van der Waals surface area contributed by atoms with E-state index in [4.69, 9.17) is 0 Å². The summed E-state index contributed by atoms with van der Waals surface area (Å²) in [6, 6.07) is 12.7. The number of H-pyrrole nitrogens is 2. The second-order valence-corrected chi connectivity index (χ2v) is 7.65. The molecule has 0 aliphatic carbocycles. The standard InChI is InChI=1S/C24H19FN6/c25-18-4-2-1-3-15(18)23-16-12-21(29-19(16)7-10-27-23)24-17-11-20(14-5-8-26-9-6-14)28-13-22(17)30-31-24/h1-5,7,10-13,26,29H,6,8-9H2,(H,30,31). The summed E-state index contributed by atoms with van der Waals surface area (Å²) in [4.78, 5) is 12.5. The van der Waals surface area contributed by atoms with Crippen molar-refractivity contribution in [3.05, 3.63) is 72.4 Å². The molecule has 0 spiro atoms. The Balaban J connectivity index is 1.50. The third kappa shape index (κ3) is 3.02. The number of nitrogens with zero attached hydrogens (tertiary/aromatic N) is 3. The van der Waals surface area contributed by atoms with Crippen LogP contribution in [-0.2, 0) is 0 Å². The highest BCUT2D eigenvalue weighted by molar-refractivity contribution is 6.00.